The maximum Gasteiger partial charge on any atom is 2.00 e. The molecule has 0 saturated carbocycles. The predicted octanol–water partition coefficient (Wildman–Crippen LogP) is 1.30. The van der Waals surface area contributed by atoms with Crippen LogP contribution in [0.25, 0.3) is 0 Å². The van der Waals surface area contributed by atoms with E-state index in [1.165, 1.54) is 0 Å². The molecule has 28 valence electrons. The molecule has 0 rings (SSSR count). The molecule has 0 nitrogen and oxygen atoms in total. The fourth-order valence-electron chi connectivity index (χ4n) is 0. The molecular weight excluding hydrogens is 57.1 g/mol. The quantitative estimate of drug-likeness (QED) is 0.296. The van der Waals surface area contributed by atoms with Crippen molar-refractivity contribution >= 4 is 10.1 Å². The third kappa shape index (κ3) is 688. The molecule has 0 bridgehead atoms. The van der Waals surface area contributed by atoms with Crippen molar-refractivity contribution in [2.24, 2.45) is 0 Å². The zero-order valence-electron chi connectivity index (χ0n) is 4.12. The van der Waals surface area contributed by atoms with E-state index in [-0.39, 0.29) is 10.1 Å². The fourth-order valence-corrected chi connectivity index (χ4v) is 0. The van der Waals surface area contributed by atoms with E-state index < -0.39 is 0 Å². The summed E-state index contributed by atoms with van der Waals surface area (Å²) in [6.45, 7) is 10.0. The van der Waals surface area contributed by atoms with Gasteiger partial charge in [-0.05, 0) is 0 Å². The largest absolute Gasteiger partial charge is 2.00 e. The predicted molar refractivity (Wildman–Crippen MR) is 27.8 cm³/mol. The van der Waals surface area contributed by atoms with E-state index in [0.717, 1.165) is 0 Å². The molecule has 0 fully saturated rings. The topological polar surface area (TPSA) is 0 Å². The van der Waals surface area contributed by atoms with E-state index in [0.29, 0.717) is 0 Å². The first-order chi connectivity index (χ1) is 2.00. The zero-order chi connectivity index (χ0) is 4.00. The molecule has 0 aromatic carbocycles. The van der Waals surface area contributed by atoms with Gasteiger partial charge in [0.15, 0.2) is 0 Å². The van der Waals surface area contributed by atoms with Gasteiger partial charge in [0.2, 0.25) is 0 Å². The Morgan fingerprint density at radius 2 is 0.800 bits per heavy atom. The molecule has 1 heteroatoms. The van der Waals surface area contributed by atoms with Gasteiger partial charge in [-0.1, -0.05) is 0 Å². The van der Waals surface area contributed by atoms with Crippen LogP contribution >= 0.6 is 0 Å². The Hall–Kier alpha value is 0.169. The van der Waals surface area contributed by atoms with Crippen molar-refractivity contribution in [2.75, 3.05) is 0 Å². The van der Waals surface area contributed by atoms with E-state index in [2.05, 4.69) is 13.8 Å². The third-order valence-corrected chi connectivity index (χ3v) is 0. The van der Waals surface area contributed by atoms with Crippen molar-refractivity contribution in [3.8, 4) is 0 Å². The SMILES string of the molecule is [Be+2].[CH2-]C.[CH2-]C. The first-order valence-electron chi connectivity index (χ1n) is 1.41. The van der Waals surface area contributed by atoms with Gasteiger partial charge in [0, 0.05) is 0 Å². The normalized spacial score (nSPS) is 2.40. The van der Waals surface area contributed by atoms with Crippen LogP contribution in [0.15, 0.2) is 0 Å². The van der Waals surface area contributed by atoms with E-state index in [9.17, 15) is 0 Å². The molecule has 0 amide bonds. The standard InChI is InChI=1S/2C2H5.Be/c2*1-2;/h2*1H2,2H3;/q2*-1;+2. The van der Waals surface area contributed by atoms with Gasteiger partial charge in [0.25, 0.3) is 0 Å². The zero-order valence-corrected chi connectivity index (χ0v) is 4.12. The first-order valence-corrected chi connectivity index (χ1v) is 1.41. The number of hydrogen-bond donors (Lipinski definition) is 0. The number of hydrogen-bond acceptors (Lipinski definition) is 0. The van der Waals surface area contributed by atoms with E-state index in [4.69, 9.17) is 0 Å². The van der Waals surface area contributed by atoms with Crippen LogP contribution < -0.4 is 0 Å². The van der Waals surface area contributed by atoms with Gasteiger partial charge >= 0.3 is 10.1 Å². The van der Waals surface area contributed by atoms with Crippen LogP contribution in [-0.4, -0.2) is 10.1 Å². The monoisotopic (exact) mass is 67.1 g/mol. The minimum Gasteiger partial charge on any atom is -0.346 e. The summed E-state index contributed by atoms with van der Waals surface area (Å²) in [5, 5.41) is 0. The summed E-state index contributed by atoms with van der Waals surface area (Å²) in [4.78, 5) is 0. The molecule has 0 aromatic heterocycles. The number of rotatable bonds is 0. The molecule has 0 spiro atoms. The molecule has 0 heterocycles. The summed E-state index contributed by atoms with van der Waals surface area (Å²) in [6.07, 6.45) is 0. The maximum absolute atomic E-state index is 3.25. The van der Waals surface area contributed by atoms with Crippen molar-refractivity contribution in [2.45, 2.75) is 13.8 Å². The second kappa shape index (κ2) is 1470. The molecule has 0 atom stereocenters. The molecule has 0 N–H and O–H groups in total. The molecule has 0 aliphatic heterocycles. The van der Waals surface area contributed by atoms with Gasteiger partial charge in [0.05, 0.1) is 0 Å². The second-order valence-electron chi connectivity index (χ2n) is 0. The first kappa shape index (κ1) is 19.1. The minimum atomic E-state index is 0. The maximum atomic E-state index is 3.25. The Bertz CT molecular complexity index is 3.61. The molecule has 0 saturated heterocycles. The summed E-state index contributed by atoms with van der Waals surface area (Å²) in [7, 11) is 0. The Labute approximate surface area is 38.8 Å². The second-order valence-corrected chi connectivity index (χ2v) is 0. The van der Waals surface area contributed by atoms with Gasteiger partial charge < -0.3 is 13.8 Å². The summed E-state index contributed by atoms with van der Waals surface area (Å²) in [6, 6.07) is 0. The summed E-state index contributed by atoms with van der Waals surface area (Å²) in [5.41, 5.74) is 0. The van der Waals surface area contributed by atoms with Gasteiger partial charge in [-0.15, -0.1) is 0 Å². The van der Waals surface area contributed by atoms with Crippen LogP contribution in [0.1, 0.15) is 13.8 Å². The molecule has 0 aliphatic rings. The van der Waals surface area contributed by atoms with Crippen molar-refractivity contribution in [1.29, 1.82) is 0 Å². The summed E-state index contributed by atoms with van der Waals surface area (Å²) in [5.74, 6) is 0. The Morgan fingerprint density at radius 3 is 0.800 bits per heavy atom. The van der Waals surface area contributed by atoms with Crippen molar-refractivity contribution in [3.05, 3.63) is 13.8 Å². The van der Waals surface area contributed by atoms with E-state index in [1.807, 2.05) is 0 Å². The molecule has 0 aliphatic carbocycles. The Balaban J connectivity index is -0.0000000133. The van der Waals surface area contributed by atoms with E-state index in [1.54, 1.807) is 13.8 Å². The Morgan fingerprint density at radius 1 is 0.800 bits per heavy atom. The van der Waals surface area contributed by atoms with Crippen LogP contribution in [0.4, 0.5) is 0 Å². The minimum absolute atomic E-state index is 0. The summed E-state index contributed by atoms with van der Waals surface area (Å²) < 4.78 is 0. The molecule has 0 unspecified atom stereocenters. The van der Waals surface area contributed by atoms with Gasteiger partial charge in [-0.3, -0.25) is 0 Å². The van der Waals surface area contributed by atoms with Crippen LogP contribution in [-0.2, 0) is 0 Å². The molecule has 5 heavy (non-hydrogen) atoms. The van der Waals surface area contributed by atoms with Gasteiger partial charge in [0.1, 0.15) is 0 Å². The smallest absolute Gasteiger partial charge is 0.346 e. The van der Waals surface area contributed by atoms with Gasteiger partial charge in [-0.25, -0.2) is 0 Å². The molecular formula is C4H10Be. The van der Waals surface area contributed by atoms with Crippen molar-refractivity contribution < 1.29 is 0 Å². The Kier molecular flexibility index (Phi) is 5610. The van der Waals surface area contributed by atoms with Crippen LogP contribution in [0, 0.1) is 13.8 Å². The van der Waals surface area contributed by atoms with Crippen LogP contribution in [0.5, 0.6) is 0 Å². The molecule has 0 aromatic rings. The van der Waals surface area contributed by atoms with Gasteiger partial charge in [-0.2, -0.15) is 13.8 Å². The van der Waals surface area contributed by atoms with Crippen LogP contribution in [0.3, 0.4) is 0 Å². The third-order valence-electron chi connectivity index (χ3n) is 0. The summed E-state index contributed by atoms with van der Waals surface area (Å²) >= 11 is 0. The molecule has 0 radical (unpaired) electrons. The van der Waals surface area contributed by atoms with Crippen molar-refractivity contribution in [1.82, 2.24) is 0 Å². The van der Waals surface area contributed by atoms with E-state index >= 15 is 0 Å². The fraction of sp³-hybridized carbons (Fsp3) is 0.500. The average Bonchev–Trinajstić information content (AvgIpc) is 1.50. The average molecular weight is 67.1 g/mol. The van der Waals surface area contributed by atoms with Crippen molar-refractivity contribution in [3.63, 3.8) is 0 Å². The van der Waals surface area contributed by atoms with Crippen LogP contribution in [0.2, 0.25) is 0 Å².